The summed E-state index contributed by atoms with van der Waals surface area (Å²) in [7, 11) is 0. The highest BCUT2D eigenvalue weighted by Crippen LogP contribution is 2.47. The minimum atomic E-state index is 0.856. The molecule has 41 heavy (non-hydrogen) atoms. The van der Waals surface area contributed by atoms with Crippen LogP contribution in [0.1, 0.15) is 200 Å². The third-order valence-electron chi connectivity index (χ3n) is 13.8. The predicted molar refractivity (Wildman–Crippen MR) is 179 cm³/mol. The van der Waals surface area contributed by atoms with E-state index in [0.717, 1.165) is 53.6 Å². The van der Waals surface area contributed by atoms with E-state index in [9.17, 15) is 0 Å². The first-order valence-electron chi connectivity index (χ1n) is 20.0. The van der Waals surface area contributed by atoms with E-state index in [1.165, 1.54) is 135 Å². The van der Waals surface area contributed by atoms with Gasteiger partial charge >= 0.3 is 0 Å². The first-order valence-corrected chi connectivity index (χ1v) is 20.0. The molecule has 238 valence electrons. The largest absolute Gasteiger partial charge is 0.294 e. The number of hydrogen-bond donors (Lipinski definition) is 0. The Kier molecular flexibility index (Phi) is 13.8. The molecule has 0 amide bonds. The maximum Gasteiger partial charge on any atom is 0.0132 e. The van der Waals surface area contributed by atoms with E-state index in [4.69, 9.17) is 0 Å². The van der Waals surface area contributed by atoms with E-state index in [1.54, 1.807) is 51.4 Å². The van der Waals surface area contributed by atoms with Crippen LogP contribution in [0.3, 0.4) is 0 Å². The fourth-order valence-electron chi connectivity index (χ4n) is 11.6. The van der Waals surface area contributed by atoms with Crippen LogP contribution in [0.25, 0.3) is 0 Å². The molecule has 5 atom stereocenters. The van der Waals surface area contributed by atoms with Gasteiger partial charge in [-0.15, -0.1) is 0 Å². The van der Waals surface area contributed by atoms with Gasteiger partial charge in [-0.25, -0.2) is 0 Å². The lowest BCUT2D eigenvalue weighted by molar-refractivity contribution is -0.0158. The van der Waals surface area contributed by atoms with E-state index in [0.29, 0.717) is 0 Å². The molecular weight excluding hydrogens is 494 g/mol. The van der Waals surface area contributed by atoms with Crippen LogP contribution < -0.4 is 0 Å². The molecule has 5 fully saturated rings. The monoisotopic (exact) mass is 568 g/mol. The highest BCUT2D eigenvalue weighted by Gasteiger charge is 2.44. The molecule has 0 aromatic rings. The summed E-state index contributed by atoms with van der Waals surface area (Å²) in [5.41, 5.74) is 0. The summed E-state index contributed by atoms with van der Waals surface area (Å²) in [6.07, 6.45) is 44.0. The van der Waals surface area contributed by atoms with Crippen LogP contribution in [0, 0.1) is 35.5 Å². The standard InChI is InChI=1S/C40H73N/c1-3-39(41(37-27-13-8-14-28-37)38-30-29-36(31-38)34-23-17-18-24-34)40(35-25-11-7-12-26-35)32(2)19-9-5-4-6-10-20-33-21-15-16-22-33/h32-40H,3-31H2,1-2H3. The lowest BCUT2D eigenvalue weighted by Gasteiger charge is -2.50. The molecule has 0 aliphatic heterocycles. The normalized spacial score (nSPS) is 29.9. The molecule has 0 heterocycles. The second kappa shape index (κ2) is 17.4. The lowest BCUT2D eigenvalue weighted by atomic mass is 9.68. The number of hydrogen-bond acceptors (Lipinski definition) is 1. The number of unbranched alkanes of at least 4 members (excludes halogenated alkanes) is 4. The number of nitrogens with zero attached hydrogens (tertiary/aromatic N) is 1. The van der Waals surface area contributed by atoms with Gasteiger partial charge in [0, 0.05) is 18.1 Å². The van der Waals surface area contributed by atoms with Gasteiger partial charge in [0.15, 0.2) is 0 Å². The zero-order valence-corrected chi connectivity index (χ0v) is 28.1. The van der Waals surface area contributed by atoms with Crippen molar-refractivity contribution in [1.29, 1.82) is 0 Å². The van der Waals surface area contributed by atoms with Crippen molar-refractivity contribution in [2.75, 3.05) is 0 Å². The zero-order valence-electron chi connectivity index (χ0n) is 28.1. The molecule has 5 aliphatic carbocycles. The Morgan fingerprint density at radius 2 is 1.17 bits per heavy atom. The van der Waals surface area contributed by atoms with Crippen molar-refractivity contribution >= 4 is 0 Å². The summed E-state index contributed by atoms with van der Waals surface area (Å²) >= 11 is 0. The molecule has 0 bridgehead atoms. The molecule has 0 aromatic heterocycles. The maximum absolute atomic E-state index is 3.33. The molecule has 0 N–H and O–H groups in total. The minimum absolute atomic E-state index is 0.856. The molecular formula is C40H73N. The molecule has 0 spiro atoms. The quantitative estimate of drug-likeness (QED) is 0.168. The molecule has 5 unspecified atom stereocenters. The molecule has 5 rings (SSSR count). The average molecular weight is 568 g/mol. The smallest absolute Gasteiger partial charge is 0.0132 e. The summed E-state index contributed by atoms with van der Waals surface area (Å²) in [5, 5.41) is 0. The van der Waals surface area contributed by atoms with Crippen molar-refractivity contribution in [2.24, 2.45) is 35.5 Å². The predicted octanol–water partition coefficient (Wildman–Crippen LogP) is 12.5. The zero-order chi connectivity index (χ0) is 28.3. The van der Waals surface area contributed by atoms with Crippen LogP contribution in [0.5, 0.6) is 0 Å². The fraction of sp³-hybridized carbons (Fsp3) is 1.00. The Bertz CT molecular complexity index is 677. The lowest BCUT2D eigenvalue weighted by Crippen LogP contribution is -2.54. The van der Waals surface area contributed by atoms with Gasteiger partial charge in [0.2, 0.25) is 0 Å². The third kappa shape index (κ3) is 9.24. The Labute approximate surface area is 258 Å². The summed E-state index contributed by atoms with van der Waals surface area (Å²) in [5.74, 6) is 6.12. The van der Waals surface area contributed by atoms with Crippen LogP contribution in [-0.2, 0) is 0 Å². The molecule has 5 aliphatic rings. The fourth-order valence-corrected chi connectivity index (χ4v) is 11.6. The van der Waals surface area contributed by atoms with Crippen LogP contribution in [0.4, 0.5) is 0 Å². The van der Waals surface area contributed by atoms with E-state index < -0.39 is 0 Å². The van der Waals surface area contributed by atoms with E-state index >= 15 is 0 Å². The molecule has 1 nitrogen and oxygen atoms in total. The molecule has 0 radical (unpaired) electrons. The number of rotatable bonds is 16. The SMILES string of the molecule is CCC(C(C(C)CCCCCCCC1CCCC1)C1CCCCC1)N(C1CCCCC1)C1CCC(C2CCCC2)C1. The van der Waals surface area contributed by atoms with Gasteiger partial charge in [-0.05, 0) is 74.0 Å². The second-order valence-electron chi connectivity index (χ2n) is 16.4. The van der Waals surface area contributed by atoms with Crippen LogP contribution in [-0.4, -0.2) is 23.0 Å². The van der Waals surface area contributed by atoms with Crippen LogP contribution in [0.15, 0.2) is 0 Å². The third-order valence-corrected chi connectivity index (χ3v) is 13.8. The Balaban J connectivity index is 1.21. The summed E-state index contributed by atoms with van der Waals surface area (Å²) in [6.45, 7) is 5.34. The first kappa shape index (κ1) is 32.4. The first-order chi connectivity index (χ1) is 20.2. The van der Waals surface area contributed by atoms with Crippen LogP contribution in [0.2, 0.25) is 0 Å². The van der Waals surface area contributed by atoms with Crippen molar-refractivity contribution in [3.8, 4) is 0 Å². The van der Waals surface area contributed by atoms with E-state index in [1.807, 2.05) is 0 Å². The van der Waals surface area contributed by atoms with Gasteiger partial charge < -0.3 is 0 Å². The van der Waals surface area contributed by atoms with Gasteiger partial charge in [-0.2, -0.15) is 0 Å². The van der Waals surface area contributed by atoms with Gasteiger partial charge in [0.1, 0.15) is 0 Å². The summed E-state index contributed by atoms with van der Waals surface area (Å²) < 4.78 is 0. The molecule has 5 saturated carbocycles. The van der Waals surface area contributed by atoms with Crippen molar-refractivity contribution in [3.05, 3.63) is 0 Å². The maximum atomic E-state index is 3.33. The highest BCUT2D eigenvalue weighted by atomic mass is 15.2. The van der Waals surface area contributed by atoms with Gasteiger partial charge in [0.25, 0.3) is 0 Å². The topological polar surface area (TPSA) is 3.24 Å². The van der Waals surface area contributed by atoms with Crippen LogP contribution >= 0.6 is 0 Å². The Morgan fingerprint density at radius 1 is 0.561 bits per heavy atom. The second-order valence-corrected chi connectivity index (χ2v) is 16.4. The van der Waals surface area contributed by atoms with Gasteiger partial charge in [0.05, 0.1) is 0 Å². The van der Waals surface area contributed by atoms with Gasteiger partial charge in [-0.3, -0.25) is 4.90 Å². The Hall–Kier alpha value is -0.0400. The van der Waals surface area contributed by atoms with Crippen molar-refractivity contribution in [1.82, 2.24) is 4.90 Å². The Morgan fingerprint density at radius 3 is 1.88 bits per heavy atom. The molecule has 0 aromatic carbocycles. The molecule has 1 heteroatoms. The summed E-state index contributed by atoms with van der Waals surface area (Å²) in [6, 6.07) is 2.67. The highest BCUT2D eigenvalue weighted by molar-refractivity contribution is 4.97. The average Bonchev–Trinajstić information content (AvgIpc) is 3.81. The minimum Gasteiger partial charge on any atom is -0.294 e. The van der Waals surface area contributed by atoms with Gasteiger partial charge in [-0.1, -0.05) is 162 Å². The van der Waals surface area contributed by atoms with Crippen molar-refractivity contribution in [3.63, 3.8) is 0 Å². The van der Waals surface area contributed by atoms with E-state index in [2.05, 4.69) is 18.7 Å². The van der Waals surface area contributed by atoms with E-state index in [-0.39, 0.29) is 0 Å². The molecule has 0 saturated heterocycles. The van der Waals surface area contributed by atoms with Crippen molar-refractivity contribution < 1.29 is 0 Å². The van der Waals surface area contributed by atoms with Crippen molar-refractivity contribution in [2.45, 2.75) is 218 Å². The summed E-state index contributed by atoms with van der Waals surface area (Å²) in [4.78, 5) is 3.33.